The number of aromatic hydroxyl groups is 1. The smallest absolute Gasteiger partial charge is 0.425 e. The van der Waals surface area contributed by atoms with Gasteiger partial charge in [-0.15, -0.1) is 15.0 Å². The van der Waals surface area contributed by atoms with E-state index in [4.69, 9.17) is 0 Å². The number of phenols is 1. The molecule has 0 atom stereocenters. The zero-order valence-corrected chi connectivity index (χ0v) is 18.5. The van der Waals surface area contributed by atoms with E-state index in [1.54, 1.807) is 12.1 Å². The number of hydrazine groups is 1. The predicted molar refractivity (Wildman–Crippen MR) is 121 cm³/mol. The fraction of sp³-hybridized carbons (Fsp3) is 0.364. The number of unbranched alkanes of at least 4 members (excludes halogenated alkanes) is 1. The van der Waals surface area contributed by atoms with Crippen LogP contribution in [0.2, 0.25) is 0 Å². The van der Waals surface area contributed by atoms with Crippen molar-refractivity contribution in [2.75, 3.05) is 25.6 Å². The van der Waals surface area contributed by atoms with Crippen LogP contribution in [0.3, 0.4) is 0 Å². The minimum atomic E-state index is -0.717. The normalized spacial score (nSPS) is 10.7. The molecule has 0 saturated heterocycles. The number of aryl methyl sites for hydroxylation is 1. The van der Waals surface area contributed by atoms with Crippen molar-refractivity contribution in [3.63, 3.8) is 0 Å². The molecule has 0 aliphatic heterocycles. The molecule has 2 amide bonds. The molecule has 2 aromatic carbocycles. The number of ether oxygens (including phenoxy) is 1. The summed E-state index contributed by atoms with van der Waals surface area (Å²) in [6.45, 7) is 2.78. The molecule has 0 aliphatic rings. The van der Waals surface area contributed by atoms with Gasteiger partial charge in [-0.25, -0.2) is 10.2 Å². The molecule has 0 fully saturated rings. The monoisotopic (exact) mass is 440 g/mol. The Labute approximate surface area is 186 Å². The van der Waals surface area contributed by atoms with E-state index in [0.717, 1.165) is 29.6 Å². The molecule has 3 N–H and O–H groups in total. The molecule has 3 rings (SSSR count). The van der Waals surface area contributed by atoms with Gasteiger partial charge in [-0.3, -0.25) is 10.2 Å². The molecule has 10 nitrogen and oxygen atoms in total. The van der Waals surface area contributed by atoms with Crippen molar-refractivity contribution in [1.29, 1.82) is 0 Å². The maximum Gasteiger partial charge on any atom is 0.425 e. The summed E-state index contributed by atoms with van der Waals surface area (Å²) in [5.41, 5.74) is 8.50. The van der Waals surface area contributed by atoms with Crippen LogP contribution in [0.5, 0.6) is 5.75 Å². The summed E-state index contributed by atoms with van der Waals surface area (Å²) in [6.07, 6.45) is 1.89. The van der Waals surface area contributed by atoms with E-state index in [-0.39, 0.29) is 18.1 Å². The van der Waals surface area contributed by atoms with Crippen LogP contribution in [-0.2, 0) is 16.0 Å². The molecule has 0 bridgehead atoms. The summed E-state index contributed by atoms with van der Waals surface area (Å²) in [4.78, 5) is 26.0. The van der Waals surface area contributed by atoms with Crippen molar-refractivity contribution in [1.82, 2.24) is 25.8 Å². The van der Waals surface area contributed by atoms with Crippen LogP contribution >= 0.6 is 0 Å². The number of rotatable bonds is 8. The SMILES string of the molecule is CCc1ccc2nn(-c3ccc(N(C)CCCCC(=O)NNC(=O)OC)cc3O)nc2c1. The summed E-state index contributed by atoms with van der Waals surface area (Å²) in [5, 5.41) is 19.5. The first kappa shape index (κ1) is 22.9. The van der Waals surface area contributed by atoms with Gasteiger partial charge in [0.15, 0.2) is 0 Å². The molecule has 170 valence electrons. The molecule has 0 aliphatic carbocycles. The summed E-state index contributed by atoms with van der Waals surface area (Å²) in [5.74, 6) is -0.205. The Kier molecular flexibility index (Phi) is 7.48. The zero-order chi connectivity index (χ0) is 23.1. The Balaban J connectivity index is 1.55. The maximum absolute atomic E-state index is 11.7. The van der Waals surface area contributed by atoms with E-state index in [1.165, 1.54) is 17.5 Å². The Morgan fingerprint density at radius 2 is 1.88 bits per heavy atom. The highest BCUT2D eigenvalue weighted by Crippen LogP contribution is 2.27. The topological polar surface area (TPSA) is 122 Å². The third kappa shape index (κ3) is 5.65. The van der Waals surface area contributed by atoms with Crippen molar-refractivity contribution in [2.24, 2.45) is 0 Å². The van der Waals surface area contributed by atoms with Crippen LogP contribution in [0.15, 0.2) is 36.4 Å². The molecule has 0 spiro atoms. The van der Waals surface area contributed by atoms with E-state index in [0.29, 0.717) is 18.7 Å². The largest absolute Gasteiger partial charge is 0.506 e. The molecule has 3 aromatic rings. The second-order valence-corrected chi connectivity index (χ2v) is 7.38. The van der Waals surface area contributed by atoms with Gasteiger partial charge in [0.05, 0.1) is 7.11 Å². The molecule has 0 unspecified atom stereocenters. The summed E-state index contributed by atoms with van der Waals surface area (Å²) < 4.78 is 4.38. The lowest BCUT2D eigenvalue weighted by Crippen LogP contribution is -2.41. The predicted octanol–water partition coefficient (Wildman–Crippen LogP) is 2.68. The van der Waals surface area contributed by atoms with Crippen molar-refractivity contribution in [2.45, 2.75) is 32.6 Å². The fourth-order valence-electron chi connectivity index (χ4n) is 3.20. The molecular formula is C22H28N6O4. The summed E-state index contributed by atoms with van der Waals surface area (Å²) in [6, 6.07) is 11.3. The van der Waals surface area contributed by atoms with Gasteiger partial charge in [0.25, 0.3) is 0 Å². The first-order chi connectivity index (χ1) is 15.4. The number of hydrogen-bond acceptors (Lipinski definition) is 7. The highest BCUT2D eigenvalue weighted by Gasteiger charge is 2.12. The Morgan fingerprint density at radius 1 is 1.09 bits per heavy atom. The van der Waals surface area contributed by atoms with Crippen LogP contribution in [0, 0.1) is 0 Å². The lowest BCUT2D eigenvalue weighted by atomic mass is 10.1. The molecule has 1 aromatic heterocycles. The minimum Gasteiger partial charge on any atom is -0.506 e. The van der Waals surface area contributed by atoms with Crippen LogP contribution in [0.1, 0.15) is 31.7 Å². The number of nitrogens with one attached hydrogen (secondary N) is 2. The highest BCUT2D eigenvalue weighted by molar-refractivity contribution is 5.79. The second-order valence-electron chi connectivity index (χ2n) is 7.38. The van der Waals surface area contributed by atoms with Crippen LogP contribution in [0.4, 0.5) is 10.5 Å². The van der Waals surface area contributed by atoms with Crippen LogP contribution in [0.25, 0.3) is 16.7 Å². The summed E-state index contributed by atoms with van der Waals surface area (Å²) >= 11 is 0. The first-order valence-electron chi connectivity index (χ1n) is 10.4. The molecule has 0 radical (unpaired) electrons. The number of carbonyl (C=O) groups is 2. The first-order valence-corrected chi connectivity index (χ1v) is 10.4. The maximum atomic E-state index is 11.7. The number of methoxy groups -OCH3 is 1. The summed E-state index contributed by atoms with van der Waals surface area (Å²) in [7, 11) is 3.14. The van der Waals surface area contributed by atoms with Gasteiger partial charge in [0.1, 0.15) is 22.5 Å². The quantitative estimate of drug-likeness (QED) is 0.364. The molecular weight excluding hydrogens is 412 g/mol. The minimum absolute atomic E-state index is 0.0821. The van der Waals surface area contributed by atoms with E-state index < -0.39 is 6.09 Å². The van der Waals surface area contributed by atoms with Crippen LogP contribution < -0.4 is 15.8 Å². The second kappa shape index (κ2) is 10.5. The standard InChI is InChI=1S/C22H28N6O4/c1-4-15-8-10-17-18(13-15)26-28(25-17)19-11-9-16(14-20(19)29)27(2)12-6-5-7-21(30)23-24-22(31)32-3/h8-11,13-14,29H,4-7,12H2,1-3H3,(H,23,30)(H,24,31). The average Bonchev–Trinajstić information content (AvgIpc) is 3.22. The van der Waals surface area contributed by atoms with Crippen molar-refractivity contribution < 1.29 is 19.4 Å². The van der Waals surface area contributed by atoms with Crippen molar-refractivity contribution in [3.8, 4) is 11.4 Å². The van der Waals surface area contributed by atoms with Gasteiger partial charge in [0, 0.05) is 31.8 Å². The molecule has 0 saturated carbocycles. The number of phenolic OH excluding ortho intramolecular Hbond substituents is 1. The lowest BCUT2D eigenvalue weighted by molar-refractivity contribution is -0.122. The van der Waals surface area contributed by atoms with Gasteiger partial charge in [-0.05, 0) is 49.1 Å². The van der Waals surface area contributed by atoms with Gasteiger partial charge in [-0.1, -0.05) is 13.0 Å². The fourth-order valence-corrected chi connectivity index (χ4v) is 3.20. The average molecular weight is 441 g/mol. The third-order valence-electron chi connectivity index (χ3n) is 5.10. The Bertz CT molecular complexity index is 1100. The van der Waals surface area contributed by atoms with E-state index >= 15 is 0 Å². The highest BCUT2D eigenvalue weighted by atomic mass is 16.5. The molecule has 10 heteroatoms. The van der Waals surface area contributed by atoms with Crippen molar-refractivity contribution >= 4 is 28.7 Å². The number of fused-ring (bicyclic) bond motifs is 1. The van der Waals surface area contributed by atoms with E-state index in [9.17, 15) is 14.7 Å². The zero-order valence-electron chi connectivity index (χ0n) is 18.5. The number of nitrogens with zero attached hydrogens (tertiary/aromatic N) is 4. The van der Waals surface area contributed by atoms with Crippen LogP contribution in [-0.4, -0.2) is 52.8 Å². The van der Waals surface area contributed by atoms with Gasteiger partial charge in [-0.2, -0.15) is 0 Å². The Hall–Kier alpha value is -3.82. The number of anilines is 1. The van der Waals surface area contributed by atoms with Gasteiger partial charge < -0.3 is 14.7 Å². The Morgan fingerprint density at radius 3 is 2.59 bits per heavy atom. The number of hydrogen-bond donors (Lipinski definition) is 3. The number of aromatic nitrogens is 3. The molecule has 1 heterocycles. The van der Waals surface area contributed by atoms with E-state index in [1.807, 2.05) is 36.2 Å². The number of amides is 2. The number of carbonyl (C=O) groups excluding carboxylic acids is 2. The number of benzene rings is 2. The third-order valence-corrected chi connectivity index (χ3v) is 5.10. The van der Waals surface area contributed by atoms with Gasteiger partial charge in [0.2, 0.25) is 5.91 Å². The van der Waals surface area contributed by atoms with Crippen molar-refractivity contribution in [3.05, 3.63) is 42.0 Å². The van der Waals surface area contributed by atoms with E-state index in [2.05, 4.69) is 32.7 Å². The van der Waals surface area contributed by atoms with Gasteiger partial charge >= 0.3 is 6.09 Å². The molecule has 32 heavy (non-hydrogen) atoms. The lowest BCUT2D eigenvalue weighted by Gasteiger charge is -2.20.